The molecule has 2 N–H and O–H groups in total. The van der Waals surface area contributed by atoms with Crippen LogP contribution in [0.4, 0.5) is 11.6 Å². The van der Waals surface area contributed by atoms with Gasteiger partial charge in [0, 0.05) is 49.1 Å². The number of sulfone groups is 1. The molecule has 33 heavy (non-hydrogen) atoms. The topological polar surface area (TPSA) is 126 Å². The minimum absolute atomic E-state index is 0.00360. The van der Waals surface area contributed by atoms with Crippen LogP contribution in [0.5, 0.6) is 0 Å². The lowest BCUT2D eigenvalue weighted by molar-refractivity contribution is 0.0765. The maximum atomic E-state index is 12.9. The number of nitrogens with one attached hydrogen (secondary N) is 2. The van der Waals surface area contributed by atoms with Gasteiger partial charge in [0.25, 0.3) is 5.91 Å². The van der Waals surface area contributed by atoms with Gasteiger partial charge in [-0.25, -0.2) is 23.4 Å². The number of aromatic nitrogens is 5. The van der Waals surface area contributed by atoms with E-state index in [1.165, 1.54) is 0 Å². The van der Waals surface area contributed by atoms with Crippen LogP contribution in [0.25, 0.3) is 22.3 Å². The second kappa shape index (κ2) is 8.00. The van der Waals surface area contributed by atoms with Crippen molar-refractivity contribution in [3.05, 3.63) is 54.2 Å². The van der Waals surface area contributed by atoms with Crippen molar-refractivity contribution in [1.29, 1.82) is 0 Å². The molecule has 0 saturated carbocycles. The molecular weight excluding hydrogens is 442 g/mol. The number of hydrogen-bond donors (Lipinski definition) is 2. The van der Waals surface area contributed by atoms with Gasteiger partial charge in [-0.15, -0.1) is 0 Å². The van der Waals surface area contributed by atoms with Gasteiger partial charge in [0.15, 0.2) is 9.84 Å². The Morgan fingerprint density at radius 3 is 2.64 bits per heavy atom. The number of fused-ring (bicyclic) bond motifs is 1. The number of H-pyrrole nitrogens is 1. The van der Waals surface area contributed by atoms with E-state index in [0.29, 0.717) is 17.3 Å². The quantitative estimate of drug-likeness (QED) is 0.473. The molecule has 1 aromatic carbocycles. The first kappa shape index (κ1) is 21.1. The lowest BCUT2D eigenvalue weighted by Crippen LogP contribution is -2.43. The van der Waals surface area contributed by atoms with Gasteiger partial charge < -0.3 is 19.8 Å². The highest BCUT2D eigenvalue weighted by atomic mass is 32.2. The number of benzene rings is 1. The summed E-state index contributed by atoms with van der Waals surface area (Å²) in [7, 11) is -1.15. The largest absolute Gasteiger partial charge is 0.350 e. The molecule has 5 rings (SSSR count). The molecule has 10 nitrogen and oxygen atoms in total. The van der Waals surface area contributed by atoms with Crippen LogP contribution >= 0.6 is 0 Å². The van der Waals surface area contributed by atoms with Gasteiger partial charge in [-0.1, -0.05) is 0 Å². The van der Waals surface area contributed by atoms with Gasteiger partial charge >= 0.3 is 0 Å². The third-order valence-electron chi connectivity index (χ3n) is 5.67. The first-order valence-corrected chi connectivity index (χ1v) is 12.3. The predicted molar refractivity (Wildman–Crippen MR) is 125 cm³/mol. The van der Waals surface area contributed by atoms with Crippen molar-refractivity contribution in [3.8, 4) is 11.4 Å². The maximum absolute atomic E-state index is 12.9. The molecule has 1 saturated heterocycles. The van der Waals surface area contributed by atoms with Crippen LogP contribution < -0.4 is 5.32 Å². The van der Waals surface area contributed by atoms with Gasteiger partial charge in [0.1, 0.15) is 11.4 Å². The van der Waals surface area contributed by atoms with Crippen LogP contribution in [0.2, 0.25) is 0 Å². The van der Waals surface area contributed by atoms with Crippen LogP contribution in [0.3, 0.4) is 0 Å². The summed E-state index contributed by atoms with van der Waals surface area (Å²) in [6, 6.07) is 7.48. The molecule has 0 atom stereocenters. The average molecular weight is 466 g/mol. The number of aromatic amines is 1. The van der Waals surface area contributed by atoms with Crippen LogP contribution in [-0.2, 0) is 16.9 Å². The van der Waals surface area contributed by atoms with E-state index in [1.54, 1.807) is 29.6 Å². The minimum atomic E-state index is -3.05. The molecule has 3 aromatic heterocycles. The summed E-state index contributed by atoms with van der Waals surface area (Å²) in [6.45, 7) is 2.38. The second-order valence-electron chi connectivity index (χ2n) is 8.20. The number of amides is 1. The first-order chi connectivity index (χ1) is 15.8. The van der Waals surface area contributed by atoms with E-state index >= 15 is 0 Å². The number of carbonyl (C=O) groups is 1. The number of rotatable bonds is 4. The fourth-order valence-corrected chi connectivity index (χ4v) is 5.14. The monoisotopic (exact) mass is 465 g/mol. The SMILES string of the molecule is Cc1cc(Nc2nccc(-c3cn(C)cn3)n2)cc2cc(C(=O)N3CCS(=O)(=O)CC3)[nH]c12. The van der Waals surface area contributed by atoms with Crippen LogP contribution in [0.15, 0.2) is 43.0 Å². The maximum Gasteiger partial charge on any atom is 0.270 e. The van der Waals surface area contributed by atoms with E-state index in [1.807, 2.05) is 36.9 Å². The first-order valence-electron chi connectivity index (χ1n) is 10.5. The molecule has 4 heterocycles. The Morgan fingerprint density at radius 1 is 1.12 bits per heavy atom. The molecular formula is C22H23N7O3S. The van der Waals surface area contributed by atoms with Crippen molar-refractivity contribution in [2.75, 3.05) is 29.9 Å². The fraction of sp³-hybridized carbons (Fsp3) is 0.273. The van der Waals surface area contributed by atoms with E-state index in [0.717, 1.165) is 27.8 Å². The molecule has 1 aliphatic rings. The Morgan fingerprint density at radius 2 is 1.91 bits per heavy atom. The highest BCUT2D eigenvalue weighted by molar-refractivity contribution is 7.91. The summed E-state index contributed by atoms with van der Waals surface area (Å²) in [5, 5.41) is 4.10. The minimum Gasteiger partial charge on any atom is -0.350 e. The van der Waals surface area contributed by atoms with Crippen LogP contribution in [0.1, 0.15) is 16.1 Å². The Kier molecular flexibility index (Phi) is 5.12. The summed E-state index contributed by atoms with van der Waals surface area (Å²) in [6.07, 6.45) is 5.28. The molecule has 0 unspecified atom stereocenters. The molecule has 0 radical (unpaired) electrons. The van der Waals surface area contributed by atoms with Crippen molar-refractivity contribution in [2.24, 2.45) is 7.05 Å². The van der Waals surface area contributed by atoms with Gasteiger partial charge in [-0.05, 0) is 36.8 Å². The van der Waals surface area contributed by atoms with Crippen molar-refractivity contribution in [3.63, 3.8) is 0 Å². The summed E-state index contributed by atoms with van der Waals surface area (Å²) in [4.78, 5) is 30.9. The van der Waals surface area contributed by atoms with Crippen molar-refractivity contribution < 1.29 is 13.2 Å². The standard InChI is InChI=1S/C22H23N7O3S/c1-14-9-16(25-22-23-4-3-17(27-22)19-12-28(2)13-24-19)10-15-11-18(26-20(14)15)21(30)29-5-7-33(31,32)8-6-29/h3-4,9-13,26H,5-8H2,1-2H3,(H,23,25,27). The summed E-state index contributed by atoms with van der Waals surface area (Å²) >= 11 is 0. The molecule has 1 amide bonds. The smallest absolute Gasteiger partial charge is 0.270 e. The van der Waals surface area contributed by atoms with Gasteiger partial charge in [-0.2, -0.15) is 0 Å². The lowest BCUT2D eigenvalue weighted by atomic mass is 10.1. The Bertz CT molecular complexity index is 1460. The van der Waals surface area contributed by atoms with E-state index in [9.17, 15) is 13.2 Å². The van der Waals surface area contributed by atoms with Crippen molar-refractivity contribution >= 4 is 38.3 Å². The number of imidazole rings is 1. The number of carbonyl (C=O) groups excluding carboxylic acids is 1. The van der Waals surface area contributed by atoms with Gasteiger partial charge in [0.05, 0.1) is 23.5 Å². The number of aryl methyl sites for hydroxylation is 2. The second-order valence-corrected chi connectivity index (χ2v) is 10.5. The molecule has 11 heteroatoms. The summed E-state index contributed by atoms with van der Waals surface area (Å²) < 4.78 is 25.2. The summed E-state index contributed by atoms with van der Waals surface area (Å²) in [5.41, 5.74) is 4.52. The Balaban J connectivity index is 1.39. The molecule has 0 bridgehead atoms. The molecule has 170 valence electrons. The van der Waals surface area contributed by atoms with Gasteiger partial charge in [-0.3, -0.25) is 4.79 Å². The highest BCUT2D eigenvalue weighted by Crippen LogP contribution is 2.27. The van der Waals surface area contributed by atoms with Crippen LogP contribution in [0, 0.1) is 6.92 Å². The highest BCUT2D eigenvalue weighted by Gasteiger charge is 2.26. The van der Waals surface area contributed by atoms with E-state index in [-0.39, 0.29) is 30.5 Å². The summed E-state index contributed by atoms with van der Waals surface area (Å²) in [5.74, 6) is 0.257. The molecule has 1 fully saturated rings. The zero-order valence-electron chi connectivity index (χ0n) is 18.2. The Hall–Kier alpha value is -3.73. The molecule has 0 spiro atoms. The molecule has 4 aromatic rings. The van der Waals surface area contributed by atoms with Crippen molar-refractivity contribution in [1.82, 2.24) is 29.4 Å². The number of anilines is 2. The Labute approximate surface area is 190 Å². The number of nitrogens with zero attached hydrogens (tertiary/aromatic N) is 5. The lowest BCUT2D eigenvalue weighted by Gasteiger charge is -2.26. The van der Waals surface area contributed by atoms with Crippen molar-refractivity contribution in [2.45, 2.75) is 6.92 Å². The number of hydrogen-bond acceptors (Lipinski definition) is 7. The van der Waals surface area contributed by atoms with E-state index in [4.69, 9.17) is 0 Å². The molecule has 1 aliphatic heterocycles. The predicted octanol–water partition coefficient (Wildman–Crippen LogP) is 2.28. The third kappa shape index (κ3) is 4.31. The van der Waals surface area contributed by atoms with Crippen LogP contribution in [-0.4, -0.2) is 68.3 Å². The van der Waals surface area contributed by atoms with E-state index in [2.05, 4.69) is 25.3 Å². The zero-order valence-corrected chi connectivity index (χ0v) is 19.1. The normalized spacial score (nSPS) is 15.6. The fourth-order valence-electron chi connectivity index (χ4n) is 3.93. The zero-order chi connectivity index (χ0) is 23.2. The third-order valence-corrected chi connectivity index (χ3v) is 7.28. The van der Waals surface area contributed by atoms with E-state index < -0.39 is 9.84 Å². The average Bonchev–Trinajstić information content (AvgIpc) is 3.40. The molecule has 0 aliphatic carbocycles. The van der Waals surface area contributed by atoms with Gasteiger partial charge in [0.2, 0.25) is 5.95 Å².